The molecule has 3 N–H and O–H groups in total. The lowest BCUT2D eigenvalue weighted by atomic mass is 9.95. The standard InChI is InChI=1S/C28H38ClN5O4/c1-32(2)21-6-4-20(5-7-21)28(36)34-10-8-19(9-11-34)17-33-12-13-38-22(18-33)16-31-27(35)23-14-24(29)25(30)15-26(23)37-3/h4-7,14-15,19,22H,8-13,16-18,30H2,1-3H3,(H,31,35). The molecule has 206 valence electrons. The fraction of sp³-hybridized carbons (Fsp3) is 0.500. The molecule has 2 fully saturated rings. The molecule has 2 aliphatic heterocycles. The van der Waals surface area contributed by atoms with Gasteiger partial charge in [0.25, 0.3) is 11.8 Å². The number of ether oxygens (including phenoxy) is 2. The summed E-state index contributed by atoms with van der Waals surface area (Å²) in [6.07, 6.45) is 1.87. The van der Waals surface area contributed by atoms with E-state index in [0.717, 1.165) is 56.8 Å². The van der Waals surface area contributed by atoms with Crippen molar-refractivity contribution in [2.75, 3.05) is 77.7 Å². The van der Waals surface area contributed by atoms with Crippen LogP contribution >= 0.6 is 11.6 Å². The number of piperidine rings is 1. The third-order valence-electron chi connectivity index (χ3n) is 7.33. The number of benzene rings is 2. The summed E-state index contributed by atoms with van der Waals surface area (Å²) in [5, 5.41) is 3.25. The highest BCUT2D eigenvalue weighted by atomic mass is 35.5. The van der Waals surface area contributed by atoms with Gasteiger partial charge in [-0.05, 0) is 49.1 Å². The number of hydrogen-bond donors (Lipinski definition) is 2. The van der Waals surface area contributed by atoms with E-state index in [2.05, 4.69) is 10.2 Å². The maximum atomic E-state index is 13.0. The minimum Gasteiger partial charge on any atom is -0.496 e. The summed E-state index contributed by atoms with van der Waals surface area (Å²) in [5.74, 6) is 0.739. The molecule has 2 amide bonds. The monoisotopic (exact) mass is 543 g/mol. The smallest absolute Gasteiger partial charge is 0.255 e. The zero-order valence-corrected chi connectivity index (χ0v) is 23.2. The molecule has 0 aliphatic carbocycles. The van der Waals surface area contributed by atoms with Gasteiger partial charge in [0.05, 0.1) is 36.1 Å². The Morgan fingerprint density at radius 3 is 2.53 bits per heavy atom. The minimum absolute atomic E-state index is 0.102. The van der Waals surface area contributed by atoms with Gasteiger partial charge in [-0.3, -0.25) is 14.5 Å². The summed E-state index contributed by atoms with van der Waals surface area (Å²) in [6, 6.07) is 10.9. The molecule has 4 rings (SSSR count). The van der Waals surface area contributed by atoms with Gasteiger partial charge < -0.3 is 30.3 Å². The van der Waals surface area contributed by atoms with Crippen molar-refractivity contribution in [3.05, 3.63) is 52.5 Å². The average molecular weight is 544 g/mol. The number of carbonyl (C=O) groups excluding carboxylic acids is 2. The van der Waals surface area contributed by atoms with Crippen molar-refractivity contribution in [2.45, 2.75) is 18.9 Å². The number of methoxy groups -OCH3 is 1. The number of amides is 2. The molecule has 1 unspecified atom stereocenters. The number of nitrogens with one attached hydrogen (secondary N) is 1. The first-order valence-electron chi connectivity index (χ1n) is 13.1. The average Bonchev–Trinajstić information content (AvgIpc) is 2.93. The van der Waals surface area contributed by atoms with E-state index < -0.39 is 0 Å². The molecule has 9 nitrogen and oxygen atoms in total. The maximum absolute atomic E-state index is 13.0. The zero-order chi connectivity index (χ0) is 27.2. The third-order valence-corrected chi connectivity index (χ3v) is 7.65. The van der Waals surface area contributed by atoms with E-state index in [1.807, 2.05) is 48.2 Å². The van der Waals surface area contributed by atoms with Crippen LogP contribution in [0, 0.1) is 5.92 Å². The summed E-state index contributed by atoms with van der Waals surface area (Å²) in [6.45, 7) is 5.14. The second kappa shape index (κ2) is 12.7. The first-order chi connectivity index (χ1) is 18.2. The van der Waals surface area contributed by atoms with Gasteiger partial charge in [-0.25, -0.2) is 0 Å². The van der Waals surface area contributed by atoms with Gasteiger partial charge >= 0.3 is 0 Å². The predicted molar refractivity (Wildman–Crippen MR) is 150 cm³/mol. The van der Waals surface area contributed by atoms with Crippen molar-refractivity contribution in [1.29, 1.82) is 0 Å². The van der Waals surface area contributed by atoms with Gasteiger partial charge in [0.1, 0.15) is 5.75 Å². The number of anilines is 2. The molecule has 2 saturated heterocycles. The molecule has 38 heavy (non-hydrogen) atoms. The van der Waals surface area contributed by atoms with Crippen LogP contribution in [0.2, 0.25) is 5.02 Å². The number of halogens is 1. The topological polar surface area (TPSA) is 100 Å². The SMILES string of the molecule is COc1cc(N)c(Cl)cc1C(=O)NCC1CN(CC2CCN(C(=O)c3ccc(N(C)C)cc3)CC2)CCO1. The lowest BCUT2D eigenvalue weighted by molar-refractivity contribution is -0.0332. The maximum Gasteiger partial charge on any atom is 0.255 e. The number of nitrogen functional groups attached to an aromatic ring is 1. The second-order valence-corrected chi connectivity index (χ2v) is 10.6. The highest BCUT2D eigenvalue weighted by molar-refractivity contribution is 6.33. The van der Waals surface area contributed by atoms with Crippen LogP contribution in [0.25, 0.3) is 0 Å². The molecule has 0 aromatic heterocycles. The predicted octanol–water partition coefficient (Wildman–Crippen LogP) is 2.98. The molecule has 0 radical (unpaired) electrons. The number of likely N-dealkylation sites (tertiary alicyclic amines) is 1. The Kier molecular flexibility index (Phi) is 9.35. The first kappa shape index (κ1) is 28.0. The van der Waals surface area contributed by atoms with Gasteiger partial charge in [-0.1, -0.05) is 11.6 Å². The van der Waals surface area contributed by atoms with Gasteiger partial charge in [0, 0.05) is 70.7 Å². The molecule has 10 heteroatoms. The molecule has 2 aliphatic rings. The van der Waals surface area contributed by atoms with Gasteiger partial charge in [-0.2, -0.15) is 0 Å². The summed E-state index contributed by atoms with van der Waals surface area (Å²) < 4.78 is 11.2. The third kappa shape index (κ3) is 6.89. The van der Waals surface area contributed by atoms with Gasteiger partial charge in [0.2, 0.25) is 0 Å². The molecular formula is C28H38ClN5O4. The molecule has 0 bridgehead atoms. The summed E-state index contributed by atoms with van der Waals surface area (Å²) in [4.78, 5) is 32.1. The molecule has 2 aromatic carbocycles. The Labute approximate surface area is 229 Å². The largest absolute Gasteiger partial charge is 0.496 e. The summed E-state index contributed by atoms with van der Waals surface area (Å²) in [7, 11) is 5.47. The Morgan fingerprint density at radius 2 is 1.87 bits per heavy atom. The molecule has 2 aromatic rings. The highest BCUT2D eigenvalue weighted by Gasteiger charge is 2.28. The van der Waals surface area contributed by atoms with E-state index in [4.69, 9.17) is 26.8 Å². The van der Waals surface area contributed by atoms with Crippen LogP contribution in [-0.4, -0.2) is 94.8 Å². The van der Waals surface area contributed by atoms with Gasteiger partial charge in [-0.15, -0.1) is 0 Å². The Bertz CT molecular complexity index is 1120. The number of hydrogen-bond acceptors (Lipinski definition) is 7. The molecule has 2 heterocycles. The Morgan fingerprint density at radius 1 is 1.16 bits per heavy atom. The molecule has 0 spiro atoms. The van der Waals surface area contributed by atoms with Crippen LogP contribution in [-0.2, 0) is 4.74 Å². The van der Waals surface area contributed by atoms with E-state index >= 15 is 0 Å². The fourth-order valence-electron chi connectivity index (χ4n) is 5.06. The van der Waals surface area contributed by atoms with E-state index in [9.17, 15) is 9.59 Å². The van der Waals surface area contributed by atoms with Crippen molar-refractivity contribution in [3.63, 3.8) is 0 Å². The zero-order valence-electron chi connectivity index (χ0n) is 22.4. The molecule has 0 saturated carbocycles. The molecule has 1 atom stereocenters. The Hall–Kier alpha value is -3.01. The first-order valence-corrected chi connectivity index (χ1v) is 13.4. The Balaban J connectivity index is 1.23. The van der Waals surface area contributed by atoms with E-state index in [1.165, 1.54) is 13.2 Å². The molecular weight excluding hydrogens is 506 g/mol. The highest BCUT2D eigenvalue weighted by Crippen LogP contribution is 2.29. The van der Waals surface area contributed by atoms with Crippen molar-refractivity contribution < 1.29 is 19.1 Å². The summed E-state index contributed by atoms with van der Waals surface area (Å²) in [5.41, 5.74) is 8.35. The second-order valence-electron chi connectivity index (χ2n) is 10.2. The van der Waals surface area contributed by atoms with Crippen molar-refractivity contribution in [2.24, 2.45) is 5.92 Å². The fourth-order valence-corrected chi connectivity index (χ4v) is 5.22. The van der Waals surface area contributed by atoms with Crippen molar-refractivity contribution in [1.82, 2.24) is 15.1 Å². The van der Waals surface area contributed by atoms with E-state index in [1.54, 1.807) is 6.07 Å². The lowest BCUT2D eigenvalue weighted by Crippen LogP contribution is -2.50. The van der Waals surface area contributed by atoms with Crippen LogP contribution in [0.1, 0.15) is 33.6 Å². The lowest BCUT2D eigenvalue weighted by Gasteiger charge is -2.38. The van der Waals surface area contributed by atoms with Gasteiger partial charge in [0.15, 0.2) is 0 Å². The van der Waals surface area contributed by atoms with Crippen LogP contribution < -0.4 is 20.7 Å². The van der Waals surface area contributed by atoms with Crippen LogP contribution in [0.3, 0.4) is 0 Å². The number of nitrogens with zero attached hydrogens (tertiary/aromatic N) is 3. The van der Waals surface area contributed by atoms with Crippen LogP contribution in [0.4, 0.5) is 11.4 Å². The number of nitrogens with two attached hydrogens (primary N) is 1. The van der Waals surface area contributed by atoms with Crippen LogP contribution in [0.15, 0.2) is 36.4 Å². The number of morpholine rings is 1. The van der Waals surface area contributed by atoms with E-state index in [-0.39, 0.29) is 17.9 Å². The van der Waals surface area contributed by atoms with E-state index in [0.29, 0.717) is 41.1 Å². The van der Waals surface area contributed by atoms with Crippen LogP contribution in [0.5, 0.6) is 5.75 Å². The number of rotatable bonds is 8. The number of carbonyl (C=O) groups is 2. The summed E-state index contributed by atoms with van der Waals surface area (Å²) >= 11 is 6.11. The normalized spacial score (nSPS) is 18.7. The quantitative estimate of drug-likeness (QED) is 0.494. The van der Waals surface area contributed by atoms with Crippen molar-refractivity contribution in [3.8, 4) is 5.75 Å². The van der Waals surface area contributed by atoms with Crippen molar-refractivity contribution >= 4 is 34.8 Å². The minimum atomic E-state index is -0.280.